The fourth-order valence-electron chi connectivity index (χ4n) is 1.66. The summed E-state index contributed by atoms with van der Waals surface area (Å²) in [5.41, 5.74) is 6.30. The number of nitrogens with zero attached hydrogens (tertiary/aromatic N) is 3. The van der Waals surface area contributed by atoms with E-state index in [0.717, 1.165) is 24.6 Å². The Labute approximate surface area is 109 Å². The van der Waals surface area contributed by atoms with Crippen LogP contribution < -0.4 is 5.73 Å². The lowest BCUT2D eigenvalue weighted by Gasteiger charge is -2.25. The Kier molecular flexibility index (Phi) is 4.03. The quantitative estimate of drug-likeness (QED) is 0.349. The van der Waals surface area contributed by atoms with E-state index >= 15 is 0 Å². The number of amidine groups is 1. The molecular formula is C11H14N4O2S. The summed E-state index contributed by atoms with van der Waals surface area (Å²) in [5.74, 6) is 1.85. The van der Waals surface area contributed by atoms with Gasteiger partial charge in [0.15, 0.2) is 5.84 Å². The van der Waals surface area contributed by atoms with Gasteiger partial charge >= 0.3 is 0 Å². The van der Waals surface area contributed by atoms with Crippen LogP contribution in [-0.2, 0) is 0 Å². The Balaban J connectivity index is 2.11. The third kappa shape index (κ3) is 2.73. The lowest BCUT2D eigenvalue weighted by Crippen LogP contribution is -2.38. The van der Waals surface area contributed by atoms with Crippen molar-refractivity contribution in [3.63, 3.8) is 0 Å². The first-order chi connectivity index (χ1) is 8.72. The zero-order valence-corrected chi connectivity index (χ0v) is 10.6. The Hall–Kier alpha value is -1.76. The minimum atomic E-state index is -0.0682. The van der Waals surface area contributed by atoms with Crippen molar-refractivity contribution in [1.29, 1.82) is 0 Å². The van der Waals surface area contributed by atoms with Gasteiger partial charge in [-0.05, 0) is 12.1 Å². The number of carbonyl (C=O) groups excluding carboxylic acids is 1. The maximum atomic E-state index is 12.1. The molecule has 7 heteroatoms. The summed E-state index contributed by atoms with van der Waals surface area (Å²) in [6, 6.07) is 3.21. The molecule has 1 amide bonds. The van der Waals surface area contributed by atoms with Crippen molar-refractivity contribution in [2.75, 3.05) is 24.6 Å². The van der Waals surface area contributed by atoms with Crippen LogP contribution in [0.1, 0.15) is 16.1 Å². The highest BCUT2D eigenvalue weighted by Crippen LogP contribution is 2.12. The first kappa shape index (κ1) is 12.7. The van der Waals surface area contributed by atoms with E-state index in [1.54, 1.807) is 17.0 Å². The Morgan fingerprint density at radius 1 is 1.44 bits per heavy atom. The molecule has 1 aliphatic heterocycles. The summed E-state index contributed by atoms with van der Waals surface area (Å²) < 4.78 is 0. The van der Waals surface area contributed by atoms with E-state index in [2.05, 4.69) is 10.1 Å². The van der Waals surface area contributed by atoms with Crippen LogP contribution in [0.3, 0.4) is 0 Å². The van der Waals surface area contributed by atoms with E-state index in [1.807, 2.05) is 11.8 Å². The standard InChI is InChI=1S/C11H14N4O2S/c12-10(14-17)8-1-2-9(13-7-8)11(16)15-3-5-18-6-4-15/h1-2,7,17H,3-6H2,(H2,12,14). The van der Waals surface area contributed by atoms with Crippen molar-refractivity contribution in [3.8, 4) is 0 Å². The molecule has 2 heterocycles. The summed E-state index contributed by atoms with van der Waals surface area (Å²) in [4.78, 5) is 17.9. The molecule has 0 spiro atoms. The van der Waals surface area contributed by atoms with Crippen molar-refractivity contribution in [1.82, 2.24) is 9.88 Å². The second-order valence-electron chi connectivity index (χ2n) is 3.82. The van der Waals surface area contributed by atoms with Gasteiger partial charge in [-0.15, -0.1) is 0 Å². The predicted molar refractivity (Wildman–Crippen MR) is 70.0 cm³/mol. The number of hydrogen-bond donors (Lipinski definition) is 2. The lowest BCUT2D eigenvalue weighted by atomic mass is 10.2. The van der Waals surface area contributed by atoms with Gasteiger partial charge in [0.05, 0.1) is 0 Å². The van der Waals surface area contributed by atoms with E-state index in [1.165, 1.54) is 6.20 Å². The van der Waals surface area contributed by atoms with Crippen LogP contribution in [0.5, 0.6) is 0 Å². The molecule has 6 nitrogen and oxygen atoms in total. The van der Waals surface area contributed by atoms with Gasteiger partial charge in [-0.25, -0.2) is 0 Å². The van der Waals surface area contributed by atoms with E-state index in [9.17, 15) is 4.79 Å². The van der Waals surface area contributed by atoms with Gasteiger partial charge < -0.3 is 15.8 Å². The van der Waals surface area contributed by atoms with Crippen molar-refractivity contribution in [2.24, 2.45) is 10.9 Å². The average Bonchev–Trinajstić information content (AvgIpc) is 2.47. The number of pyridine rings is 1. The molecule has 1 aliphatic rings. The molecule has 2 rings (SSSR count). The number of oxime groups is 1. The number of thioether (sulfide) groups is 1. The molecule has 0 radical (unpaired) electrons. The zero-order chi connectivity index (χ0) is 13.0. The fraction of sp³-hybridized carbons (Fsp3) is 0.364. The normalized spacial score (nSPS) is 16.7. The molecule has 1 fully saturated rings. The molecule has 1 aromatic heterocycles. The summed E-state index contributed by atoms with van der Waals surface area (Å²) in [5, 5.41) is 11.4. The molecule has 1 saturated heterocycles. The molecule has 0 aromatic carbocycles. The van der Waals surface area contributed by atoms with Gasteiger partial charge in [0.1, 0.15) is 5.69 Å². The molecule has 0 saturated carbocycles. The monoisotopic (exact) mass is 266 g/mol. The highest BCUT2D eigenvalue weighted by Gasteiger charge is 2.19. The van der Waals surface area contributed by atoms with Crippen LogP contribution in [0.4, 0.5) is 0 Å². The van der Waals surface area contributed by atoms with Crippen molar-refractivity contribution in [3.05, 3.63) is 29.6 Å². The average molecular weight is 266 g/mol. The fourth-order valence-corrected chi connectivity index (χ4v) is 2.56. The first-order valence-corrected chi connectivity index (χ1v) is 6.69. The maximum absolute atomic E-state index is 12.1. The van der Waals surface area contributed by atoms with Gasteiger partial charge in [-0.1, -0.05) is 5.16 Å². The molecule has 18 heavy (non-hydrogen) atoms. The Morgan fingerprint density at radius 2 is 2.17 bits per heavy atom. The number of aromatic nitrogens is 1. The van der Waals surface area contributed by atoms with Crippen LogP contribution in [0.2, 0.25) is 0 Å². The number of nitrogens with two attached hydrogens (primary N) is 1. The molecule has 0 aliphatic carbocycles. The third-order valence-electron chi connectivity index (χ3n) is 2.68. The van der Waals surface area contributed by atoms with Gasteiger partial charge in [0, 0.05) is 36.4 Å². The van der Waals surface area contributed by atoms with Crippen molar-refractivity contribution >= 4 is 23.5 Å². The van der Waals surface area contributed by atoms with Crippen molar-refractivity contribution in [2.45, 2.75) is 0 Å². The minimum Gasteiger partial charge on any atom is -0.409 e. The topological polar surface area (TPSA) is 91.8 Å². The number of rotatable bonds is 2. The Bertz CT molecular complexity index is 455. The molecule has 0 unspecified atom stereocenters. The second kappa shape index (κ2) is 5.72. The number of carbonyl (C=O) groups is 1. The highest BCUT2D eigenvalue weighted by molar-refractivity contribution is 7.99. The summed E-state index contributed by atoms with van der Waals surface area (Å²) in [7, 11) is 0. The van der Waals surface area contributed by atoms with E-state index in [-0.39, 0.29) is 11.7 Å². The van der Waals surface area contributed by atoms with Gasteiger partial charge in [-0.3, -0.25) is 9.78 Å². The molecular weight excluding hydrogens is 252 g/mol. The van der Waals surface area contributed by atoms with Crippen LogP contribution in [0, 0.1) is 0 Å². The number of amides is 1. The number of hydrogen-bond acceptors (Lipinski definition) is 5. The summed E-state index contributed by atoms with van der Waals surface area (Å²) in [6.45, 7) is 1.51. The van der Waals surface area contributed by atoms with Crippen molar-refractivity contribution < 1.29 is 10.0 Å². The smallest absolute Gasteiger partial charge is 0.272 e. The van der Waals surface area contributed by atoms with Crippen LogP contribution in [0.25, 0.3) is 0 Å². The highest BCUT2D eigenvalue weighted by atomic mass is 32.2. The summed E-state index contributed by atoms with van der Waals surface area (Å²) in [6.07, 6.45) is 1.43. The minimum absolute atomic E-state index is 0.0177. The Morgan fingerprint density at radius 3 is 2.72 bits per heavy atom. The van der Waals surface area contributed by atoms with Gasteiger partial charge in [0.25, 0.3) is 5.91 Å². The van der Waals surface area contributed by atoms with Crippen LogP contribution >= 0.6 is 11.8 Å². The third-order valence-corrected chi connectivity index (χ3v) is 3.63. The predicted octanol–water partition coefficient (Wildman–Crippen LogP) is 0.365. The summed E-state index contributed by atoms with van der Waals surface area (Å²) >= 11 is 1.85. The largest absolute Gasteiger partial charge is 0.409 e. The van der Waals surface area contributed by atoms with Gasteiger partial charge in [-0.2, -0.15) is 11.8 Å². The van der Waals surface area contributed by atoms with Gasteiger partial charge in [0.2, 0.25) is 0 Å². The van der Waals surface area contributed by atoms with E-state index in [0.29, 0.717) is 11.3 Å². The molecule has 0 atom stereocenters. The molecule has 3 N–H and O–H groups in total. The SMILES string of the molecule is NC(=NO)c1ccc(C(=O)N2CCSCC2)nc1. The molecule has 1 aromatic rings. The lowest BCUT2D eigenvalue weighted by molar-refractivity contribution is 0.0766. The van der Waals surface area contributed by atoms with Crippen LogP contribution in [-0.4, -0.2) is 51.4 Å². The first-order valence-electron chi connectivity index (χ1n) is 5.53. The second-order valence-corrected chi connectivity index (χ2v) is 5.05. The zero-order valence-electron chi connectivity index (χ0n) is 9.74. The molecule has 96 valence electrons. The maximum Gasteiger partial charge on any atom is 0.272 e. The molecule has 0 bridgehead atoms. The van der Waals surface area contributed by atoms with E-state index in [4.69, 9.17) is 10.9 Å². The van der Waals surface area contributed by atoms with E-state index < -0.39 is 0 Å². The van der Waals surface area contributed by atoms with Crippen LogP contribution in [0.15, 0.2) is 23.5 Å².